The lowest BCUT2D eigenvalue weighted by molar-refractivity contribution is 0.0997. The number of hydrogen-bond acceptors (Lipinski definition) is 2. The van der Waals surface area contributed by atoms with Crippen molar-refractivity contribution >= 4 is 5.78 Å². The number of carbonyl (C=O) groups is 1. The summed E-state index contributed by atoms with van der Waals surface area (Å²) in [6.45, 7) is 3.55. The van der Waals surface area contributed by atoms with E-state index in [4.69, 9.17) is 0 Å². The molecule has 0 aliphatic heterocycles. The zero-order valence-corrected chi connectivity index (χ0v) is 7.79. The summed E-state index contributed by atoms with van der Waals surface area (Å²) in [5, 5.41) is 0. The number of pyridine rings is 1. The van der Waals surface area contributed by atoms with Gasteiger partial charge in [0.25, 0.3) is 0 Å². The van der Waals surface area contributed by atoms with Gasteiger partial charge < -0.3 is 0 Å². The third-order valence-electron chi connectivity index (χ3n) is 1.73. The summed E-state index contributed by atoms with van der Waals surface area (Å²) in [5.74, 6) is 5.48. The number of ketones is 1. The maximum atomic E-state index is 11.5. The van der Waals surface area contributed by atoms with Crippen molar-refractivity contribution in [3.8, 4) is 11.8 Å². The van der Waals surface area contributed by atoms with E-state index in [-0.39, 0.29) is 12.2 Å². The van der Waals surface area contributed by atoms with Crippen LogP contribution in [-0.4, -0.2) is 10.8 Å². The van der Waals surface area contributed by atoms with Crippen LogP contribution in [0.5, 0.6) is 0 Å². The number of Topliss-reactive ketones (excluding diaryl/α,β-unsaturated/α-hetero) is 1. The fourth-order valence-corrected chi connectivity index (χ4v) is 1.04. The molecule has 0 amide bonds. The predicted octanol–water partition coefficient (Wildman–Crippen LogP) is 1.99. The molecule has 0 aliphatic rings. The summed E-state index contributed by atoms with van der Waals surface area (Å²) < 4.78 is 0. The number of aromatic nitrogens is 1. The van der Waals surface area contributed by atoms with E-state index in [9.17, 15) is 4.79 Å². The van der Waals surface area contributed by atoms with Gasteiger partial charge in [0, 0.05) is 17.5 Å². The first kappa shape index (κ1) is 9.47. The molecule has 0 atom stereocenters. The minimum atomic E-state index is 0.0416. The molecule has 1 rings (SSSR count). The normalized spacial score (nSPS) is 8.77. The SMILES string of the molecule is CC#CCC(=O)c1cccnc1C. The fourth-order valence-electron chi connectivity index (χ4n) is 1.04. The molecule has 66 valence electrons. The number of nitrogens with zero attached hydrogens (tertiary/aromatic N) is 1. The maximum Gasteiger partial charge on any atom is 0.176 e. The van der Waals surface area contributed by atoms with Gasteiger partial charge in [-0.15, -0.1) is 5.92 Å². The third kappa shape index (κ3) is 2.41. The van der Waals surface area contributed by atoms with E-state index in [0.717, 1.165) is 5.69 Å². The number of rotatable bonds is 2. The van der Waals surface area contributed by atoms with Crippen molar-refractivity contribution in [1.82, 2.24) is 4.98 Å². The molecule has 0 N–H and O–H groups in total. The molecule has 1 aromatic heterocycles. The Kier molecular flexibility index (Phi) is 3.22. The second-order valence-electron chi connectivity index (χ2n) is 2.66. The van der Waals surface area contributed by atoms with Crippen LogP contribution in [0.1, 0.15) is 29.4 Å². The highest BCUT2D eigenvalue weighted by Gasteiger charge is 2.06. The summed E-state index contributed by atoms with van der Waals surface area (Å²) >= 11 is 0. The Bertz CT molecular complexity index is 371. The second-order valence-corrected chi connectivity index (χ2v) is 2.66. The van der Waals surface area contributed by atoms with Crippen molar-refractivity contribution in [2.45, 2.75) is 20.3 Å². The van der Waals surface area contributed by atoms with E-state index in [2.05, 4.69) is 16.8 Å². The average molecular weight is 173 g/mol. The summed E-state index contributed by atoms with van der Waals surface area (Å²) in [6.07, 6.45) is 1.96. The monoisotopic (exact) mass is 173 g/mol. The van der Waals surface area contributed by atoms with E-state index in [1.165, 1.54) is 0 Å². The minimum absolute atomic E-state index is 0.0416. The molecule has 1 aromatic rings. The predicted molar refractivity (Wildman–Crippen MR) is 51.4 cm³/mol. The Morgan fingerprint density at radius 2 is 2.38 bits per heavy atom. The van der Waals surface area contributed by atoms with Crippen LogP contribution in [-0.2, 0) is 0 Å². The van der Waals surface area contributed by atoms with Crippen molar-refractivity contribution in [1.29, 1.82) is 0 Å². The molecule has 0 unspecified atom stereocenters. The highest BCUT2D eigenvalue weighted by atomic mass is 16.1. The van der Waals surface area contributed by atoms with Crippen LogP contribution in [0.25, 0.3) is 0 Å². The molecule has 0 bridgehead atoms. The third-order valence-corrected chi connectivity index (χ3v) is 1.73. The number of aryl methyl sites for hydroxylation is 1. The Hall–Kier alpha value is -1.62. The summed E-state index contributed by atoms with van der Waals surface area (Å²) in [7, 11) is 0. The lowest BCUT2D eigenvalue weighted by Gasteiger charge is -1.99. The molecule has 13 heavy (non-hydrogen) atoms. The Balaban J connectivity index is 2.87. The topological polar surface area (TPSA) is 30.0 Å². The first-order chi connectivity index (χ1) is 6.25. The van der Waals surface area contributed by atoms with E-state index in [1.807, 2.05) is 6.92 Å². The molecular weight excluding hydrogens is 162 g/mol. The standard InChI is InChI=1S/C11H11NO/c1-3-4-7-11(13)10-6-5-8-12-9(10)2/h5-6,8H,7H2,1-2H3. The first-order valence-electron chi connectivity index (χ1n) is 4.10. The quantitative estimate of drug-likeness (QED) is 0.505. The lowest BCUT2D eigenvalue weighted by atomic mass is 10.1. The molecule has 0 saturated carbocycles. The van der Waals surface area contributed by atoms with Crippen LogP contribution in [0.2, 0.25) is 0 Å². The molecule has 2 heteroatoms. The first-order valence-corrected chi connectivity index (χ1v) is 4.10. The summed E-state index contributed by atoms with van der Waals surface area (Å²) in [6, 6.07) is 3.54. The smallest absolute Gasteiger partial charge is 0.176 e. The minimum Gasteiger partial charge on any atom is -0.293 e. The van der Waals surface area contributed by atoms with Crippen molar-refractivity contribution < 1.29 is 4.79 Å². The lowest BCUT2D eigenvalue weighted by Crippen LogP contribution is -2.01. The van der Waals surface area contributed by atoms with E-state index >= 15 is 0 Å². The van der Waals surface area contributed by atoms with Gasteiger partial charge in [0.2, 0.25) is 0 Å². The average Bonchev–Trinajstić information content (AvgIpc) is 2.15. The Labute approximate surface area is 78.0 Å². The van der Waals surface area contributed by atoms with Gasteiger partial charge in [-0.05, 0) is 26.0 Å². The highest BCUT2D eigenvalue weighted by Crippen LogP contribution is 2.06. The van der Waals surface area contributed by atoms with Gasteiger partial charge in [-0.25, -0.2) is 0 Å². The molecule has 0 fully saturated rings. The molecule has 1 heterocycles. The van der Waals surface area contributed by atoms with E-state index in [0.29, 0.717) is 5.56 Å². The summed E-state index contributed by atoms with van der Waals surface area (Å²) in [5.41, 5.74) is 1.44. The molecule has 0 aromatic carbocycles. The number of hydrogen-bond donors (Lipinski definition) is 0. The maximum absolute atomic E-state index is 11.5. The van der Waals surface area contributed by atoms with Crippen LogP contribution in [0.4, 0.5) is 0 Å². The van der Waals surface area contributed by atoms with Gasteiger partial charge in [0.15, 0.2) is 5.78 Å². The van der Waals surface area contributed by atoms with Crippen molar-refractivity contribution in [3.63, 3.8) is 0 Å². The molecule has 2 nitrogen and oxygen atoms in total. The zero-order chi connectivity index (χ0) is 9.68. The summed E-state index contributed by atoms with van der Waals surface area (Å²) in [4.78, 5) is 15.5. The van der Waals surface area contributed by atoms with Crippen LogP contribution in [0.15, 0.2) is 18.3 Å². The Morgan fingerprint density at radius 3 is 3.00 bits per heavy atom. The molecule has 0 saturated heterocycles. The highest BCUT2D eigenvalue weighted by molar-refractivity contribution is 5.98. The molecule has 0 radical (unpaired) electrons. The van der Waals surface area contributed by atoms with Gasteiger partial charge in [-0.3, -0.25) is 9.78 Å². The van der Waals surface area contributed by atoms with Crippen molar-refractivity contribution in [3.05, 3.63) is 29.6 Å². The van der Waals surface area contributed by atoms with Crippen LogP contribution in [0, 0.1) is 18.8 Å². The zero-order valence-electron chi connectivity index (χ0n) is 7.79. The van der Waals surface area contributed by atoms with E-state index in [1.54, 1.807) is 25.3 Å². The molecule has 0 spiro atoms. The molecular formula is C11H11NO. The van der Waals surface area contributed by atoms with Gasteiger partial charge in [-0.1, -0.05) is 5.92 Å². The van der Waals surface area contributed by atoms with Crippen LogP contribution >= 0.6 is 0 Å². The van der Waals surface area contributed by atoms with Crippen LogP contribution in [0.3, 0.4) is 0 Å². The molecule has 0 aliphatic carbocycles. The van der Waals surface area contributed by atoms with Crippen LogP contribution < -0.4 is 0 Å². The fraction of sp³-hybridized carbons (Fsp3) is 0.273. The largest absolute Gasteiger partial charge is 0.293 e. The van der Waals surface area contributed by atoms with Crippen molar-refractivity contribution in [2.75, 3.05) is 0 Å². The van der Waals surface area contributed by atoms with Gasteiger partial charge >= 0.3 is 0 Å². The van der Waals surface area contributed by atoms with Crippen molar-refractivity contribution in [2.24, 2.45) is 0 Å². The van der Waals surface area contributed by atoms with Gasteiger partial charge in [0.05, 0.1) is 6.42 Å². The van der Waals surface area contributed by atoms with Gasteiger partial charge in [-0.2, -0.15) is 0 Å². The number of carbonyl (C=O) groups excluding carboxylic acids is 1. The van der Waals surface area contributed by atoms with E-state index < -0.39 is 0 Å². The Morgan fingerprint density at radius 1 is 1.62 bits per heavy atom. The second kappa shape index (κ2) is 4.42. The van der Waals surface area contributed by atoms with Gasteiger partial charge in [0.1, 0.15) is 0 Å².